The van der Waals surface area contributed by atoms with Crippen LogP contribution >= 0.6 is 0 Å². The third kappa shape index (κ3) is 8.08. The molecule has 0 aromatic heterocycles. The Hall–Kier alpha value is -1.92. The fraction of sp³-hybridized carbons (Fsp3) is 0.444. The van der Waals surface area contributed by atoms with Crippen LogP contribution in [-0.4, -0.2) is 54.4 Å². The van der Waals surface area contributed by atoms with Crippen LogP contribution in [0.2, 0.25) is 13.1 Å². The van der Waals surface area contributed by atoms with Crippen molar-refractivity contribution < 1.29 is 19.8 Å². The number of nitrogens with zero attached hydrogens (tertiary/aromatic N) is 1. The third-order valence-electron chi connectivity index (χ3n) is 3.99. The molecule has 0 aliphatic carbocycles. The molecule has 0 bridgehead atoms. The number of likely N-dealkylation sites (tertiary alicyclic amines) is 1. The first-order valence-corrected chi connectivity index (χ1v) is 11.4. The van der Waals surface area contributed by atoms with Gasteiger partial charge in [0, 0.05) is 12.2 Å². The van der Waals surface area contributed by atoms with Crippen molar-refractivity contribution in [2.75, 3.05) is 19.3 Å². The fourth-order valence-electron chi connectivity index (χ4n) is 2.80. The number of aliphatic carboxylic acids is 2. The number of rotatable bonds is 5. The summed E-state index contributed by atoms with van der Waals surface area (Å²) < 4.78 is 0. The standard InChI is InChI=1S/C14H23NSi.C4H4O4/c1-16(2,14-9-5-3-6-10-14)13-15-11-7-4-8-12-15;5-3(6)1-2-4(7)8/h3,5-6,9-10H,4,7-8,11-13H2,1-2H3;1-2H,(H,5,6)(H,7,8). The molecule has 1 fully saturated rings. The van der Waals surface area contributed by atoms with Crippen LogP contribution in [0.5, 0.6) is 0 Å². The number of hydrogen-bond acceptors (Lipinski definition) is 3. The smallest absolute Gasteiger partial charge is 0.328 e. The highest BCUT2D eigenvalue weighted by molar-refractivity contribution is 6.89. The molecule has 0 unspecified atom stereocenters. The Bertz CT molecular complexity index is 535. The van der Waals surface area contributed by atoms with Gasteiger partial charge in [0.2, 0.25) is 0 Å². The van der Waals surface area contributed by atoms with Gasteiger partial charge in [0.1, 0.15) is 0 Å². The van der Waals surface area contributed by atoms with E-state index in [0.717, 1.165) is 0 Å². The molecule has 2 rings (SSSR count). The van der Waals surface area contributed by atoms with E-state index in [1.807, 2.05) is 0 Å². The van der Waals surface area contributed by atoms with Gasteiger partial charge in [0.15, 0.2) is 0 Å². The molecule has 0 radical (unpaired) electrons. The molecule has 2 N–H and O–H groups in total. The van der Waals surface area contributed by atoms with Gasteiger partial charge >= 0.3 is 11.9 Å². The predicted octanol–water partition coefficient (Wildman–Crippen LogP) is 2.34. The van der Waals surface area contributed by atoms with Gasteiger partial charge in [-0.25, -0.2) is 9.59 Å². The lowest BCUT2D eigenvalue weighted by atomic mass is 10.1. The summed E-state index contributed by atoms with van der Waals surface area (Å²) in [5.74, 6) is -2.51. The highest BCUT2D eigenvalue weighted by atomic mass is 28.3. The minimum atomic E-state index is -1.26. The topological polar surface area (TPSA) is 77.8 Å². The molecule has 1 aromatic rings. The van der Waals surface area contributed by atoms with E-state index >= 15 is 0 Å². The fourth-order valence-corrected chi connectivity index (χ4v) is 5.51. The van der Waals surface area contributed by atoms with E-state index in [4.69, 9.17) is 10.2 Å². The van der Waals surface area contributed by atoms with E-state index < -0.39 is 20.0 Å². The Balaban J connectivity index is 0.000000307. The summed E-state index contributed by atoms with van der Waals surface area (Å²) in [7, 11) is -1.24. The molecule has 1 aromatic carbocycles. The van der Waals surface area contributed by atoms with Gasteiger partial charge in [-0.2, -0.15) is 0 Å². The normalized spacial score (nSPS) is 15.6. The third-order valence-corrected chi connectivity index (χ3v) is 7.13. The Morgan fingerprint density at radius 2 is 1.50 bits per heavy atom. The minimum absolute atomic E-state index is 0.558. The number of piperidine rings is 1. The molecule has 24 heavy (non-hydrogen) atoms. The Labute approximate surface area is 144 Å². The van der Waals surface area contributed by atoms with Crippen molar-refractivity contribution in [1.29, 1.82) is 0 Å². The molecule has 0 amide bonds. The first-order chi connectivity index (χ1) is 11.3. The lowest BCUT2D eigenvalue weighted by Gasteiger charge is -2.34. The molecule has 6 heteroatoms. The van der Waals surface area contributed by atoms with Crippen LogP contribution in [0.4, 0.5) is 0 Å². The van der Waals surface area contributed by atoms with Crippen molar-refractivity contribution in [1.82, 2.24) is 4.90 Å². The summed E-state index contributed by atoms with van der Waals surface area (Å²) >= 11 is 0. The van der Waals surface area contributed by atoms with Crippen LogP contribution < -0.4 is 5.19 Å². The monoisotopic (exact) mass is 349 g/mol. The highest BCUT2D eigenvalue weighted by Crippen LogP contribution is 2.13. The number of carbonyl (C=O) groups is 2. The molecule has 0 atom stereocenters. The molecule has 132 valence electrons. The highest BCUT2D eigenvalue weighted by Gasteiger charge is 2.26. The number of hydrogen-bond donors (Lipinski definition) is 2. The van der Waals surface area contributed by atoms with Crippen molar-refractivity contribution in [2.45, 2.75) is 32.4 Å². The second-order valence-corrected chi connectivity index (χ2v) is 11.3. The maximum atomic E-state index is 9.55. The summed E-state index contributed by atoms with van der Waals surface area (Å²) in [5, 5.41) is 17.2. The van der Waals surface area contributed by atoms with E-state index in [0.29, 0.717) is 12.2 Å². The van der Waals surface area contributed by atoms with Gasteiger partial charge in [0.05, 0.1) is 8.07 Å². The van der Waals surface area contributed by atoms with E-state index in [1.54, 1.807) is 5.19 Å². The van der Waals surface area contributed by atoms with E-state index in [1.165, 1.54) is 38.5 Å². The molecule has 1 saturated heterocycles. The second kappa shape index (κ2) is 10.0. The number of carboxylic acids is 2. The van der Waals surface area contributed by atoms with E-state index in [-0.39, 0.29) is 0 Å². The van der Waals surface area contributed by atoms with Crippen LogP contribution in [0, 0.1) is 0 Å². The van der Waals surface area contributed by atoms with Crippen LogP contribution in [0.15, 0.2) is 42.5 Å². The molecule has 1 heterocycles. The second-order valence-electron chi connectivity index (χ2n) is 6.60. The SMILES string of the molecule is C[Si](C)(CN1CCCCC1)c1ccccc1.O=C(O)C=CC(=O)O. The lowest BCUT2D eigenvalue weighted by molar-refractivity contribution is -0.134. The summed E-state index contributed by atoms with van der Waals surface area (Å²) in [6.45, 7) is 7.64. The minimum Gasteiger partial charge on any atom is -0.478 e. The van der Waals surface area contributed by atoms with Gasteiger partial charge < -0.3 is 15.1 Å². The summed E-state index contributed by atoms with van der Waals surface area (Å²) in [5.41, 5.74) is 0. The zero-order valence-corrected chi connectivity index (χ0v) is 15.4. The van der Waals surface area contributed by atoms with Crippen molar-refractivity contribution in [3.05, 3.63) is 42.5 Å². The zero-order valence-electron chi connectivity index (χ0n) is 14.4. The van der Waals surface area contributed by atoms with E-state index in [9.17, 15) is 9.59 Å². The summed E-state index contributed by atoms with van der Waals surface area (Å²) in [6.07, 6.45) is 6.68. The Kier molecular flexibility index (Phi) is 8.42. The molecule has 1 aliphatic heterocycles. The quantitative estimate of drug-likeness (QED) is 0.630. The predicted molar refractivity (Wildman–Crippen MR) is 98.3 cm³/mol. The van der Waals surface area contributed by atoms with Crippen LogP contribution in [0.1, 0.15) is 19.3 Å². The molecule has 0 saturated carbocycles. The van der Waals surface area contributed by atoms with Crippen molar-refractivity contribution in [3.8, 4) is 0 Å². The van der Waals surface area contributed by atoms with Crippen molar-refractivity contribution in [3.63, 3.8) is 0 Å². The molecular formula is C18H27NO4Si. The van der Waals surface area contributed by atoms with Crippen LogP contribution in [0.25, 0.3) is 0 Å². The van der Waals surface area contributed by atoms with Crippen LogP contribution in [0.3, 0.4) is 0 Å². The van der Waals surface area contributed by atoms with Crippen LogP contribution in [-0.2, 0) is 9.59 Å². The molecule has 5 nitrogen and oxygen atoms in total. The maximum Gasteiger partial charge on any atom is 0.328 e. The molecule has 1 aliphatic rings. The number of benzene rings is 1. The average Bonchev–Trinajstić information content (AvgIpc) is 2.55. The molecular weight excluding hydrogens is 322 g/mol. The lowest BCUT2D eigenvalue weighted by Crippen LogP contribution is -2.52. The number of carboxylic acid groups (broad SMARTS) is 2. The summed E-state index contributed by atoms with van der Waals surface area (Å²) in [6, 6.07) is 11.1. The maximum absolute atomic E-state index is 9.55. The van der Waals surface area contributed by atoms with Gasteiger partial charge in [-0.3, -0.25) is 0 Å². The van der Waals surface area contributed by atoms with Gasteiger partial charge in [-0.05, 0) is 32.1 Å². The average molecular weight is 350 g/mol. The van der Waals surface area contributed by atoms with Gasteiger partial charge in [-0.1, -0.05) is 55.0 Å². The van der Waals surface area contributed by atoms with Gasteiger partial charge in [-0.15, -0.1) is 0 Å². The Morgan fingerprint density at radius 1 is 1.00 bits per heavy atom. The van der Waals surface area contributed by atoms with Crippen molar-refractivity contribution in [2.24, 2.45) is 0 Å². The largest absolute Gasteiger partial charge is 0.478 e. The Morgan fingerprint density at radius 3 is 1.96 bits per heavy atom. The zero-order chi connectivity index (χ0) is 18.0. The van der Waals surface area contributed by atoms with Crippen molar-refractivity contribution >= 4 is 25.2 Å². The first-order valence-electron chi connectivity index (χ1n) is 8.23. The summed E-state index contributed by atoms with van der Waals surface area (Å²) in [4.78, 5) is 21.8. The van der Waals surface area contributed by atoms with E-state index in [2.05, 4.69) is 48.3 Å². The first kappa shape index (κ1) is 20.1. The van der Waals surface area contributed by atoms with Gasteiger partial charge in [0.25, 0.3) is 0 Å². The molecule has 0 spiro atoms.